The molecule has 0 aliphatic rings. The molecule has 1 rings (SSSR count). The minimum atomic E-state index is -0.340. The number of esters is 1. The number of ether oxygens (including phenoxy) is 1. The SMILES string of the molecule is CN[C@@H](C)C(=O)OCc1cc(Cl)nc(Cl)c1. The van der Waals surface area contributed by atoms with Gasteiger partial charge in [0.2, 0.25) is 0 Å². The number of carbonyl (C=O) groups excluding carboxylic acids is 1. The third kappa shape index (κ3) is 3.96. The zero-order valence-corrected chi connectivity index (χ0v) is 10.5. The molecular formula is C10H12Cl2N2O2. The predicted octanol–water partition coefficient (Wildman–Crippen LogP) is 2.04. The van der Waals surface area contributed by atoms with E-state index in [0.29, 0.717) is 5.56 Å². The predicted molar refractivity (Wildman–Crippen MR) is 62.6 cm³/mol. The van der Waals surface area contributed by atoms with Crippen LogP contribution in [0.25, 0.3) is 0 Å². The number of rotatable bonds is 4. The summed E-state index contributed by atoms with van der Waals surface area (Å²) in [5.41, 5.74) is 0.710. The molecule has 0 aliphatic heterocycles. The summed E-state index contributed by atoms with van der Waals surface area (Å²) in [6, 6.07) is 2.86. The molecule has 0 spiro atoms. The third-order valence-electron chi connectivity index (χ3n) is 1.99. The lowest BCUT2D eigenvalue weighted by atomic mass is 10.3. The quantitative estimate of drug-likeness (QED) is 0.667. The first-order valence-corrected chi connectivity index (χ1v) is 5.44. The zero-order valence-electron chi connectivity index (χ0n) is 8.96. The van der Waals surface area contributed by atoms with Crippen LogP contribution in [0.1, 0.15) is 12.5 Å². The second-order valence-electron chi connectivity index (χ2n) is 3.24. The van der Waals surface area contributed by atoms with Gasteiger partial charge in [-0.2, -0.15) is 0 Å². The summed E-state index contributed by atoms with van der Waals surface area (Å²) >= 11 is 11.4. The van der Waals surface area contributed by atoms with Crippen LogP contribution in [0.5, 0.6) is 0 Å². The Kier molecular flexibility index (Phi) is 4.99. The van der Waals surface area contributed by atoms with E-state index in [2.05, 4.69) is 10.3 Å². The minimum absolute atomic E-state index is 0.132. The fourth-order valence-electron chi connectivity index (χ4n) is 0.995. The van der Waals surface area contributed by atoms with Gasteiger partial charge in [-0.3, -0.25) is 4.79 Å². The first-order chi connectivity index (χ1) is 7.52. The van der Waals surface area contributed by atoms with E-state index >= 15 is 0 Å². The minimum Gasteiger partial charge on any atom is -0.460 e. The van der Waals surface area contributed by atoms with E-state index in [9.17, 15) is 4.79 Å². The lowest BCUT2D eigenvalue weighted by Crippen LogP contribution is -2.32. The molecule has 16 heavy (non-hydrogen) atoms. The van der Waals surface area contributed by atoms with E-state index in [1.807, 2.05) is 0 Å². The lowest BCUT2D eigenvalue weighted by Gasteiger charge is -2.10. The van der Waals surface area contributed by atoms with Crippen molar-refractivity contribution >= 4 is 29.2 Å². The Bertz CT molecular complexity index is 365. The van der Waals surface area contributed by atoms with Crippen molar-refractivity contribution in [3.63, 3.8) is 0 Å². The van der Waals surface area contributed by atoms with Gasteiger partial charge >= 0.3 is 5.97 Å². The van der Waals surface area contributed by atoms with Gasteiger partial charge in [0, 0.05) is 0 Å². The standard InChI is InChI=1S/C10H12Cl2N2O2/c1-6(13-2)10(15)16-5-7-3-8(11)14-9(12)4-7/h3-4,6,13H,5H2,1-2H3/t6-/m0/s1. The average Bonchev–Trinajstić information content (AvgIpc) is 2.23. The zero-order chi connectivity index (χ0) is 12.1. The monoisotopic (exact) mass is 262 g/mol. The van der Waals surface area contributed by atoms with Gasteiger partial charge in [-0.05, 0) is 31.7 Å². The van der Waals surface area contributed by atoms with E-state index in [0.717, 1.165) is 0 Å². The Hall–Kier alpha value is -0.840. The third-order valence-corrected chi connectivity index (χ3v) is 2.38. The van der Waals surface area contributed by atoms with Crippen molar-refractivity contribution in [1.29, 1.82) is 0 Å². The second-order valence-corrected chi connectivity index (χ2v) is 4.01. The van der Waals surface area contributed by atoms with Crippen molar-refractivity contribution in [3.05, 3.63) is 28.0 Å². The normalized spacial score (nSPS) is 12.2. The maximum Gasteiger partial charge on any atom is 0.323 e. The number of hydrogen-bond acceptors (Lipinski definition) is 4. The van der Waals surface area contributed by atoms with Crippen LogP contribution in [-0.2, 0) is 16.1 Å². The van der Waals surface area contributed by atoms with Crippen molar-refractivity contribution in [2.75, 3.05) is 7.05 Å². The molecule has 0 radical (unpaired) electrons. The van der Waals surface area contributed by atoms with Crippen molar-refractivity contribution in [1.82, 2.24) is 10.3 Å². The molecule has 0 fully saturated rings. The van der Waals surface area contributed by atoms with Crippen LogP contribution in [0.2, 0.25) is 10.3 Å². The first kappa shape index (κ1) is 13.2. The molecule has 4 nitrogen and oxygen atoms in total. The van der Waals surface area contributed by atoms with Gasteiger partial charge in [0.25, 0.3) is 0 Å². The molecule has 0 amide bonds. The summed E-state index contributed by atoms with van der Waals surface area (Å²) in [7, 11) is 1.69. The van der Waals surface area contributed by atoms with E-state index < -0.39 is 0 Å². The summed E-state index contributed by atoms with van der Waals surface area (Å²) in [5.74, 6) is -0.327. The molecule has 0 aliphatic carbocycles. The molecule has 1 atom stereocenters. The molecule has 1 aromatic heterocycles. The van der Waals surface area contributed by atoms with Gasteiger partial charge in [-0.15, -0.1) is 0 Å². The number of carbonyl (C=O) groups is 1. The Morgan fingerprint density at radius 2 is 2.06 bits per heavy atom. The highest BCUT2D eigenvalue weighted by Crippen LogP contribution is 2.15. The molecule has 0 saturated carbocycles. The Morgan fingerprint density at radius 3 is 2.56 bits per heavy atom. The average molecular weight is 263 g/mol. The maximum atomic E-state index is 11.4. The highest BCUT2D eigenvalue weighted by atomic mass is 35.5. The smallest absolute Gasteiger partial charge is 0.323 e. The van der Waals surface area contributed by atoms with Crippen molar-refractivity contribution in [2.45, 2.75) is 19.6 Å². The van der Waals surface area contributed by atoms with Crippen molar-refractivity contribution in [2.24, 2.45) is 0 Å². The summed E-state index contributed by atoms with van der Waals surface area (Å²) in [6.45, 7) is 1.85. The number of pyridine rings is 1. The molecule has 0 saturated heterocycles. The highest BCUT2D eigenvalue weighted by molar-refractivity contribution is 6.32. The number of likely N-dealkylation sites (N-methyl/N-ethyl adjacent to an activating group) is 1. The Labute approximate surface area is 104 Å². The van der Waals surface area contributed by atoms with E-state index in [-0.39, 0.29) is 28.9 Å². The Morgan fingerprint density at radius 1 is 1.50 bits per heavy atom. The lowest BCUT2D eigenvalue weighted by molar-refractivity contribution is -0.146. The Balaban J connectivity index is 2.58. The number of aromatic nitrogens is 1. The van der Waals surface area contributed by atoms with Gasteiger partial charge in [0.05, 0.1) is 0 Å². The van der Waals surface area contributed by atoms with Gasteiger partial charge in [0.15, 0.2) is 0 Å². The molecular weight excluding hydrogens is 251 g/mol. The first-order valence-electron chi connectivity index (χ1n) is 4.69. The van der Waals surface area contributed by atoms with Gasteiger partial charge in [0.1, 0.15) is 23.0 Å². The summed E-state index contributed by atoms with van der Waals surface area (Å²) in [4.78, 5) is 15.1. The molecule has 1 aromatic rings. The molecule has 0 bridgehead atoms. The topological polar surface area (TPSA) is 51.2 Å². The number of hydrogen-bond donors (Lipinski definition) is 1. The summed E-state index contributed by atoms with van der Waals surface area (Å²) in [5, 5.41) is 3.34. The van der Waals surface area contributed by atoms with Crippen molar-refractivity contribution < 1.29 is 9.53 Å². The molecule has 0 unspecified atom stereocenters. The van der Waals surface area contributed by atoms with E-state index in [4.69, 9.17) is 27.9 Å². The number of nitrogens with zero attached hydrogens (tertiary/aromatic N) is 1. The summed E-state index contributed by atoms with van der Waals surface area (Å²) in [6.07, 6.45) is 0. The van der Waals surface area contributed by atoms with E-state index in [1.165, 1.54) is 0 Å². The number of nitrogens with one attached hydrogen (secondary N) is 1. The molecule has 0 aromatic carbocycles. The maximum absolute atomic E-state index is 11.4. The highest BCUT2D eigenvalue weighted by Gasteiger charge is 2.11. The van der Waals surface area contributed by atoms with Crippen LogP contribution < -0.4 is 5.32 Å². The second kappa shape index (κ2) is 6.03. The fraction of sp³-hybridized carbons (Fsp3) is 0.400. The van der Waals surface area contributed by atoms with Crippen molar-refractivity contribution in [3.8, 4) is 0 Å². The van der Waals surface area contributed by atoms with Crippen LogP contribution in [0.3, 0.4) is 0 Å². The number of halogens is 2. The fourth-order valence-corrected chi connectivity index (χ4v) is 1.50. The summed E-state index contributed by atoms with van der Waals surface area (Å²) < 4.78 is 5.04. The van der Waals surface area contributed by atoms with Gasteiger partial charge < -0.3 is 10.1 Å². The largest absolute Gasteiger partial charge is 0.460 e. The van der Waals surface area contributed by atoms with Crippen LogP contribution in [0.4, 0.5) is 0 Å². The van der Waals surface area contributed by atoms with Crippen LogP contribution >= 0.6 is 23.2 Å². The van der Waals surface area contributed by atoms with Crippen LogP contribution in [0.15, 0.2) is 12.1 Å². The van der Waals surface area contributed by atoms with E-state index in [1.54, 1.807) is 26.1 Å². The van der Waals surface area contributed by atoms with Gasteiger partial charge in [-0.1, -0.05) is 23.2 Å². The molecule has 1 heterocycles. The molecule has 6 heteroatoms. The van der Waals surface area contributed by atoms with Gasteiger partial charge in [-0.25, -0.2) is 4.98 Å². The molecule has 88 valence electrons. The molecule has 1 N–H and O–H groups in total. The van der Waals surface area contributed by atoms with Crippen LogP contribution in [-0.4, -0.2) is 24.0 Å². The van der Waals surface area contributed by atoms with Crippen LogP contribution in [0, 0.1) is 0 Å².